The van der Waals surface area contributed by atoms with Gasteiger partial charge in [0.25, 0.3) is 0 Å². The highest BCUT2D eigenvalue weighted by molar-refractivity contribution is 7.16. The number of nitrogens with one attached hydrogen (secondary N) is 1. The zero-order chi connectivity index (χ0) is 13.2. The number of hydrogen-bond donors (Lipinski definition) is 1. The summed E-state index contributed by atoms with van der Waals surface area (Å²) in [5, 5.41) is 4.48. The summed E-state index contributed by atoms with van der Waals surface area (Å²) < 4.78 is 1.20. The van der Waals surface area contributed by atoms with Crippen molar-refractivity contribution in [3.05, 3.63) is 22.7 Å². The molecule has 1 saturated carbocycles. The molecule has 0 amide bonds. The van der Waals surface area contributed by atoms with Crippen molar-refractivity contribution in [1.29, 1.82) is 0 Å². The minimum Gasteiger partial charge on any atom is -0.379 e. The van der Waals surface area contributed by atoms with Crippen LogP contribution in [0.5, 0.6) is 0 Å². The average molecular weight is 295 g/mol. The number of nitrogens with zero attached hydrogens (tertiary/aromatic N) is 1. The number of benzene rings is 1. The normalized spacial score (nSPS) is 23.7. The molecule has 1 aromatic heterocycles. The van der Waals surface area contributed by atoms with Gasteiger partial charge in [0.05, 0.1) is 20.9 Å². The van der Waals surface area contributed by atoms with E-state index in [1.54, 1.807) is 11.3 Å². The maximum atomic E-state index is 6.37. The third-order valence-electron chi connectivity index (χ3n) is 4.21. The second-order valence-electron chi connectivity index (χ2n) is 5.33. The van der Waals surface area contributed by atoms with Crippen LogP contribution in [-0.2, 0) is 0 Å². The van der Waals surface area contributed by atoms with E-state index < -0.39 is 0 Å². The van der Waals surface area contributed by atoms with Crippen molar-refractivity contribution >= 4 is 38.8 Å². The van der Waals surface area contributed by atoms with Gasteiger partial charge in [0.15, 0.2) is 0 Å². The third kappa shape index (κ3) is 2.59. The van der Waals surface area contributed by atoms with E-state index in [0.717, 1.165) is 22.1 Å². The fourth-order valence-electron chi connectivity index (χ4n) is 3.12. The highest BCUT2D eigenvalue weighted by Gasteiger charge is 2.24. The predicted octanol–water partition coefficient (Wildman–Crippen LogP) is 5.33. The summed E-state index contributed by atoms with van der Waals surface area (Å²) in [6, 6.07) is 4.58. The summed E-state index contributed by atoms with van der Waals surface area (Å²) in [5.41, 5.74) is 3.95. The van der Waals surface area contributed by atoms with E-state index in [2.05, 4.69) is 23.3 Å². The fraction of sp³-hybridized carbons (Fsp3) is 0.533. The maximum absolute atomic E-state index is 6.37. The Labute approximate surface area is 123 Å². The Hall–Kier alpha value is -0.800. The van der Waals surface area contributed by atoms with Gasteiger partial charge in [-0.3, -0.25) is 0 Å². The lowest BCUT2D eigenvalue weighted by Crippen LogP contribution is -2.32. The van der Waals surface area contributed by atoms with Gasteiger partial charge in [0.1, 0.15) is 5.52 Å². The van der Waals surface area contributed by atoms with Crippen molar-refractivity contribution in [3.8, 4) is 0 Å². The molecule has 1 aliphatic carbocycles. The fourth-order valence-corrected chi connectivity index (χ4v) is 4.01. The summed E-state index contributed by atoms with van der Waals surface area (Å²) in [7, 11) is 0. The SMILES string of the molecule is CCC1CCCCC1Nc1c(Cl)ccc2scnc12. The Morgan fingerprint density at radius 1 is 1.37 bits per heavy atom. The first-order valence-electron chi connectivity index (χ1n) is 7.08. The number of fused-ring (bicyclic) bond motifs is 1. The minimum atomic E-state index is 0.545. The van der Waals surface area contributed by atoms with Crippen LogP contribution in [0.4, 0.5) is 5.69 Å². The van der Waals surface area contributed by atoms with E-state index in [1.807, 2.05) is 11.6 Å². The van der Waals surface area contributed by atoms with Crippen LogP contribution >= 0.6 is 22.9 Å². The molecule has 1 aliphatic rings. The van der Waals surface area contributed by atoms with Gasteiger partial charge in [-0.1, -0.05) is 37.8 Å². The molecule has 0 radical (unpaired) electrons. The summed E-state index contributed by atoms with van der Waals surface area (Å²) in [5.74, 6) is 0.763. The third-order valence-corrected chi connectivity index (χ3v) is 5.32. The van der Waals surface area contributed by atoms with Gasteiger partial charge < -0.3 is 5.32 Å². The van der Waals surface area contributed by atoms with Gasteiger partial charge in [0, 0.05) is 6.04 Å². The molecule has 2 atom stereocenters. The molecule has 0 bridgehead atoms. The van der Waals surface area contributed by atoms with E-state index in [9.17, 15) is 0 Å². The van der Waals surface area contributed by atoms with E-state index >= 15 is 0 Å². The number of hydrogen-bond acceptors (Lipinski definition) is 3. The highest BCUT2D eigenvalue weighted by atomic mass is 35.5. The number of thiazole rings is 1. The van der Waals surface area contributed by atoms with Gasteiger partial charge in [-0.15, -0.1) is 11.3 Å². The molecule has 1 aromatic carbocycles. The predicted molar refractivity (Wildman–Crippen MR) is 84.3 cm³/mol. The number of halogens is 1. The first-order chi connectivity index (χ1) is 9.29. The van der Waals surface area contributed by atoms with Crippen molar-refractivity contribution in [2.75, 3.05) is 5.32 Å². The van der Waals surface area contributed by atoms with E-state index in [1.165, 1.54) is 36.8 Å². The van der Waals surface area contributed by atoms with Crippen LogP contribution in [0.25, 0.3) is 10.2 Å². The monoisotopic (exact) mass is 294 g/mol. The molecule has 2 unspecified atom stereocenters. The van der Waals surface area contributed by atoms with Gasteiger partial charge in [0.2, 0.25) is 0 Å². The lowest BCUT2D eigenvalue weighted by atomic mass is 9.83. The van der Waals surface area contributed by atoms with Crippen molar-refractivity contribution in [2.24, 2.45) is 5.92 Å². The second kappa shape index (κ2) is 5.68. The van der Waals surface area contributed by atoms with Crippen molar-refractivity contribution in [3.63, 3.8) is 0 Å². The van der Waals surface area contributed by atoms with Crippen molar-refractivity contribution in [1.82, 2.24) is 4.98 Å². The van der Waals surface area contributed by atoms with Crippen LogP contribution in [0.3, 0.4) is 0 Å². The number of aromatic nitrogens is 1. The Bertz CT molecular complexity index is 566. The quantitative estimate of drug-likeness (QED) is 0.827. The zero-order valence-corrected chi connectivity index (χ0v) is 12.7. The molecule has 4 heteroatoms. The van der Waals surface area contributed by atoms with Gasteiger partial charge in [-0.25, -0.2) is 4.98 Å². The highest BCUT2D eigenvalue weighted by Crippen LogP contribution is 2.36. The Balaban J connectivity index is 1.91. The molecule has 1 heterocycles. The van der Waals surface area contributed by atoms with E-state index in [0.29, 0.717) is 6.04 Å². The molecule has 0 saturated heterocycles. The molecule has 0 spiro atoms. The smallest absolute Gasteiger partial charge is 0.106 e. The maximum Gasteiger partial charge on any atom is 0.106 e. The second-order valence-corrected chi connectivity index (χ2v) is 6.62. The molecule has 2 aromatic rings. The Morgan fingerprint density at radius 3 is 3.05 bits per heavy atom. The standard InChI is InChI=1S/C15H19ClN2S/c1-2-10-5-3-4-6-12(10)18-14-11(16)7-8-13-15(14)17-9-19-13/h7-10,12,18H,2-6H2,1H3. The van der Waals surface area contributed by atoms with Gasteiger partial charge in [-0.2, -0.15) is 0 Å². The lowest BCUT2D eigenvalue weighted by molar-refractivity contribution is 0.317. The first kappa shape index (κ1) is 13.2. The molecular formula is C15H19ClN2S. The van der Waals surface area contributed by atoms with Crippen LogP contribution < -0.4 is 5.32 Å². The molecule has 1 fully saturated rings. The first-order valence-corrected chi connectivity index (χ1v) is 8.33. The molecular weight excluding hydrogens is 276 g/mol. The van der Waals surface area contributed by atoms with Crippen LogP contribution in [0.2, 0.25) is 5.02 Å². The Morgan fingerprint density at radius 2 is 2.21 bits per heavy atom. The molecule has 2 nitrogen and oxygen atoms in total. The van der Waals surface area contributed by atoms with Crippen LogP contribution in [0, 0.1) is 5.92 Å². The lowest BCUT2D eigenvalue weighted by Gasteiger charge is -2.32. The van der Waals surface area contributed by atoms with Gasteiger partial charge >= 0.3 is 0 Å². The summed E-state index contributed by atoms with van der Waals surface area (Å²) in [6.45, 7) is 2.29. The van der Waals surface area contributed by atoms with Crippen molar-refractivity contribution < 1.29 is 0 Å². The largest absolute Gasteiger partial charge is 0.379 e. The van der Waals surface area contributed by atoms with Gasteiger partial charge in [-0.05, 0) is 30.9 Å². The number of rotatable bonds is 3. The van der Waals surface area contributed by atoms with E-state index in [-0.39, 0.29) is 0 Å². The molecule has 1 N–H and O–H groups in total. The van der Waals surface area contributed by atoms with Crippen LogP contribution in [0.1, 0.15) is 39.0 Å². The molecule has 3 rings (SSSR count). The summed E-state index contributed by atoms with van der Waals surface area (Å²) in [6.07, 6.45) is 6.50. The average Bonchev–Trinajstić information content (AvgIpc) is 2.91. The van der Waals surface area contributed by atoms with Crippen LogP contribution in [-0.4, -0.2) is 11.0 Å². The topological polar surface area (TPSA) is 24.9 Å². The Kier molecular flexibility index (Phi) is 3.94. The minimum absolute atomic E-state index is 0.545. The summed E-state index contributed by atoms with van der Waals surface area (Å²) >= 11 is 8.04. The zero-order valence-electron chi connectivity index (χ0n) is 11.2. The molecule has 0 aliphatic heterocycles. The molecule has 19 heavy (non-hydrogen) atoms. The summed E-state index contributed by atoms with van der Waals surface area (Å²) in [4.78, 5) is 4.47. The van der Waals surface area contributed by atoms with Crippen LogP contribution in [0.15, 0.2) is 17.6 Å². The van der Waals surface area contributed by atoms with Crippen molar-refractivity contribution in [2.45, 2.75) is 45.1 Å². The van der Waals surface area contributed by atoms with E-state index in [4.69, 9.17) is 11.6 Å². The molecule has 102 valence electrons. The number of anilines is 1.